The summed E-state index contributed by atoms with van der Waals surface area (Å²) in [6.45, 7) is 5.14. The summed E-state index contributed by atoms with van der Waals surface area (Å²) in [7, 11) is -3.42. The first-order valence-electron chi connectivity index (χ1n) is 5.55. The number of rotatable bonds is 2. The third-order valence-corrected chi connectivity index (χ3v) is 3.76. The minimum atomic E-state index is -3.42. The Morgan fingerprint density at radius 3 is 2.56 bits per heavy atom. The van der Waals surface area contributed by atoms with Crippen molar-refractivity contribution in [3.63, 3.8) is 0 Å². The highest BCUT2D eigenvalue weighted by molar-refractivity contribution is 7.89. The summed E-state index contributed by atoms with van der Waals surface area (Å²) < 4.78 is 29.9. The van der Waals surface area contributed by atoms with Crippen molar-refractivity contribution in [2.75, 3.05) is 12.3 Å². The molecule has 0 radical (unpaired) electrons. The van der Waals surface area contributed by atoms with Gasteiger partial charge in [-0.05, 0) is 20.8 Å². The van der Waals surface area contributed by atoms with E-state index in [9.17, 15) is 18.0 Å². The Morgan fingerprint density at radius 2 is 2.06 bits per heavy atom. The second kappa shape index (κ2) is 5.23. The smallest absolute Gasteiger partial charge is 0.407 e. The molecule has 18 heavy (non-hydrogen) atoms. The summed E-state index contributed by atoms with van der Waals surface area (Å²) in [4.78, 5) is 22.4. The topological polar surface area (TPSA) is 102 Å². The van der Waals surface area contributed by atoms with Gasteiger partial charge in [0, 0.05) is 6.54 Å². The maximum absolute atomic E-state index is 11.5. The van der Waals surface area contributed by atoms with Crippen LogP contribution in [0.1, 0.15) is 20.8 Å². The molecule has 1 aliphatic rings. The fraction of sp³-hybridized carbons (Fsp3) is 0.800. The summed E-state index contributed by atoms with van der Waals surface area (Å²) in [5.74, 6) is -1.08. The third kappa shape index (κ3) is 4.61. The van der Waals surface area contributed by atoms with Crippen LogP contribution in [0.25, 0.3) is 0 Å². The molecule has 0 saturated carbocycles. The van der Waals surface area contributed by atoms with Crippen LogP contribution < -0.4 is 10.0 Å². The quantitative estimate of drug-likeness (QED) is 0.671. The molecular weight excluding hydrogens is 260 g/mol. The largest absolute Gasteiger partial charge is 0.444 e. The number of amides is 1. The van der Waals surface area contributed by atoms with Gasteiger partial charge in [-0.3, -0.25) is 0 Å². The van der Waals surface area contributed by atoms with Crippen LogP contribution in [0.5, 0.6) is 0 Å². The highest BCUT2D eigenvalue weighted by Crippen LogP contribution is 2.12. The highest BCUT2D eigenvalue weighted by Gasteiger charge is 2.34. The van der Waals surface area contributed by atoms with Gasteiger partial charge in [0.25, 0.3) is 0 Å². The van der Waals surface area contributed by atoms with Crippen LogP contribution in [-0.2, 0) is 19.6 Å². The SMILES string of the molecule is CC(C)(C)OC(=O)N[C@@H]1CNS(=O)(=O)C[C@H]1C=O. The Morgan fingerprint density at radius 1 is 1.44 bits per heavy atom. The van der Waals surface area contributed by atoms with Crippen molar-refractivity contribution in [1.29, 1.82) is 0 Å². The summed E-state index contributed by atoms with van der Waals surface area (Å²) >= 11 is 0. The second-order valence-corrected chi connectivity index (χ2v) is 7.03. The molecule has 1 fully saturated rings. The Labute approximate surface area is 106 Å². The minimum absolute atomic E-state index is 0.00895. The van der Waals surface area contributed by atoms with E-state index in [4.69, 9.17) is 4.74 Å². The molecule has 0 aliphatic carbocycles. The number of sulfonamides is 1. The molecule has 2 N–H and O–H groups in total. The van der Waals surface area contributed by atoms with Gasteiger partial charge in [-0.1, -0.05) is 0 Å². The zero-order valence-corrected chi connectivity index (χ0v) is 11.4. The number of aldehydes is 1. The van der Waals surface area contributed by atoms with Crippen LogP contribution in [0.4, 0.5) is 4.79 Å². The van der Waals surface area contributed by atoms with Crippen molar-refractivity contribution < 1.29 is 22.7 Å². The lowest BCUT2D eigenvalue weighted by Crippen LogP contribution is -2.56. The van der Waals surface area contributed by atoms with E-state index in [-0.39, 0.29) is 12.3 Å². The van der Waals surface area contributed by atoms with Crippen LogP contribution in [0.3, 0.4) is 0 Å². The normalized spacial score (nSPS) is 27.3. The van der Waals surface area contributed by atoms with Gasteiger partial charge >= 0.3 is 6.09 Å². The lowest BCUT2D eigenvalue weighted by atomic mass is 10.0. The monoisotopic (exact) mass is 278 g/mol. The van der Waals surface area contributed by atoms with Crippen molar-refractivity contribution >= 4 is 22.4 Å². The number of alkyl carbamates (subject to hydrolysis) is 1. The summed E-state index contributed by atoms with van der Waals surface area (Å²) in [6.07, 6.45) is -0.124. The zero-order chi connectivity index (χ0) is 14.0. The molecule has 2 atom stereocenters. The first kappa shape index (κ1) is 14.9. The van der Waals surface area contributed by atoms with E-state index in [2.05, 4.69) is 10.0 Å². The maximum Gasteiger partial charge on any atom is 0.407 e. The molecule has 1 aliphatic heterocycles. The summed E-state index contributed by atoms with van der Waals surface area (Å²) in [5.41, 5.74) is -0.644. The molecule has 0 aromatic carbocycles. The van der Waals surface area contributed by atoms with Gasteiger partial charge in [-0.2, -0.15) is 0 Å². The second-order valence-electron chi connectivity index (χ2n) is 5.18. The van der Waals surface area contributed by atoms with E-state index in [1.54, 1.807) is 20.8 Å². The number of ether oxygens (including phenoxy) is 1. The number of carbonyl (C=O) groups excluding carboxylic acids is 2. The maximum atomic E-state index is 11.5. The van der Waals surface area contributed by atoms with Crippen molar-refractivity contribution in [3.8, 4) is 0 Å². The predicted molar refractivity (Wildman–Crippen MR) is 64.5 cm³/mol. The van der Waals surface area contributed by atoms with Crippen molar-refractivity contribution in [2.45, 2.75) is 32.4 Å². The van der Waals surface area contributed by atoms with Crippen molar-refractivity contribution in [2.24, 2.45) is 5.92 Å². The van der Waals surface area contributed by atoms with E-state index in [1.165, 1.54) is 0 Å². The molecule has 0 aromatic rings. The van der Waals surface area contributed by atoms with Gasteiger partial charge in [-0.25, -0.2) is 17.9 Å². The average Bonchev–Trinajstić information content (AvgIpc) is 2.17. The van der Waals surface area contributed by atoms with Crippen molar-refractivity contribution in [3.05, 3.63) is 0 Å². The molecule has 8 heteroatoms. The molecule has 0 unspecified atom stereocenters. The Hall–Kier alpha value is -1.15. The van der Waals surface area contributed by atoms with Crippen LogP contribution in [-0.4, -0.2) is 44.7 Å². The van der Waals surface area contributed by atoms with E-state index in [0.717, 1.165) is 0 Å². The molecule has 0 bridgehead atoms. The lowest BCUT2D eigenvalue weighted by molar-refractivity contribution is -0.111. The lowest BCUT2D eigenvalue weighted by Gasteiger charge is -2.30. The van der Waals surface area contributed by atoms with E-state index < -0.39 is 33.7 Å². The highest BCUT2D eigenvalue weighted by atomic mass is 32.2. The van der Waals surface area contributed by atoms with Crippen LogP contribution in [0.15, 0.2) is 0 Å². The zero-order valence-electron chi connectivity index (χ0n) is 10.6. The fourth-order valence-corrected chi connectivity index (χ4v) is 2.92. The van der Waals surface area contributed by atoms with Gasteiger partial charge in [0.1, 0.15) is 11.9 Å². The van der Waals surface area contributed by atoms with Gasteiger partial charge in [0.05, 0.1) is 17.7 Å². The molecular formula is C10H18N2O5S. The fourth-order valence-electron chi connectivity index (χ4n) is 1.55. The molecule has 1 heterocycles. The van der Waals surface area contributed by atoms with Crippen LogP contribution in [0.2, 0.25) is 0 Å². The van der Waals surface area contributed by atoms with Gasteiger partial charge in [0.15, 0.2) is 0 Å². The minimum Gasteiger partial charge on any atom is -0.444 e. The van der Waals surface area contributed by atoms with E-state index in [1.807, 2.05) is 0 Å². The molecule has 0 spiro atoms. The Kier molecular flexibility index (Phi) is 4.33. The first-order valence-corrected chi connectivity index (χ1v) is 7.20. The van der Waals surface area contributed by atoms with Crippen LogP contribution in [0, 0.1) is 5.92 Å². The number of hydrogen-bond donors (Lipinski definition) is 2. The van der Waals surface area contributed by atoms with Crippen molar-refractivity contribution in [1.82, 2.24) is 10.0 Å². The number of nitrogens with one attached hydrogen (secondary N) is 2. The summed E-state index contributed by atoms with van der Waals surface area (Å²) in [6, 6.07) is -0.583. The molecule has 1 rings (SSSR count). The molecule has 1 amide bonds. The van der Waals surface area contributed by atoms with E-state index in [0.29, 0.717) is 6.29 Å². The Balaban J connectivity index is 2.62. The van der Waals surface area contributed by atoms with E-state index >= 15 is 0 Å². The van der Waals surface area contributed by atoms with Gasteiger partial charge in [-0.15, -0.1) is 0 Å². The molecule has 1 saturated heterocycles. The van der Waals surface area contributed by atoms with Gasteiger partial charge < -0.3 is 14.8 Å². The average molecular weight is 278 g/mol. The Bertz CT molecular complexity index is 426. The van der Waals surface area contributed by atoms with Gasteiger partial charge in [0.2, 0.25) is 10.0 Å². The summed E-state index contributed by atoms with van der Waals surface area (Å²) in [5, 5.41) is 2.49. The standard InChI is InChI=1S/C10H18N2O5S/c1-10(2,3)17-9(14)12-8-4-11-18(15,16)6-7(8)5-13/h5,7-8,11H,4,6H2,1-3H3,(H,12,14)/t7-,8-/m1/s1. The van der Waals surface area contributed by atoms with Crippen LogP contribution >= 0.6 is 0 Å². The predicted octanol–water partition coefficient (Wildman–Crippen LogP) is -0.372. The first-order chi connectivity index (χ1) is 8.13. The molecule has 7 nitrogen and oxygen atoms in total. The third-order valence-electron chi connectivity index (χ3n) is 2.33. The number of carbonyl (C=O) groups is 2. The molecule has 104 valence electrons. The number of hydrogen-bond acceptors (Lipinski definition) is 5. The molecule has 0 aromatic heterocycles.